The topological polar surface area (TPSA) is 82.6 Å². The molecule has 0 aliphatic heterocycles. The molecule has 1 N–H and O–H groups in total. The van der Waals surface area contributed by atoms with Crippen LogP contribution in [0.4, 0.5) is 4.39 Å². The van der Waals surface area contributed by atoms with E-state index in [1.165, 1.54) is 25.3 Å². The molecule has 9 heteroatoms. The first kappa shape index (κ1) is 19.7. The van der Waals surface area contributed by atoms with E-state index >= 15 is 0 Å². The number of nitrogens with zero attached hydrogens (tertiary/aromatic N) is 2. The highest BCUT2D eigenvalue weighted by molar-refractivity contribution is 7.07. The highest BCUT2D eigenvalue weighted by Gasteiger charge is 2.14. The van der Waals surface area contributed by atoms with E-state index in [0.717, 1.165) is 17.1 Å². The molecule has 1 amide bonds. The zero-order valence-electron chi connectivity index (χ0n) is 15.3. The number of amides is 1. The van der Waals surface area contributed by atoms with Crippen molar-refractivity contribution in [2.24, 2.45) is 0 Å². The molecule has 0 spiro atoms. The van der Waals surface area contributed by atoms with Crippen molar-refractivity contribution in [3.05, 3.63) is 65.2 Å². The molecule has 7 nitrogen and oxygen atoms in total. The van der Waals surface area contributed by atoms with Crippen LogP contribution in [0, 0.1) is 5.82 Å². The lowest BCUT2D eigenvalue weighted by Gasteiger charge is -2.10. The minimum atomic E-state index is -0.399. The molecule has 0 atom stereocenters. The zero-order valence-corrected chi connectivity index (χ0v) is 16.1. The van der Waals surface area contributed by atoms with Crippen molar-refractivity contribution in [2.45, 2.75) is 13.3 Å². The lowest BCUT2D eigenvalue weighted by molar-refractivity contribution is 0.0364. The predicted molar refractivity (Wildman–Crippen MR) is 101 cm³/mol. The van der Waals surface area contributed by atoms with Gasteiger partial charge in [-0.25, -0.2) is 9.87 Å². The van der Waals surface area contributed by atoms with Gasteiger partial charge in [-0.3, -0.25) is 9.63 Å². The molecule has 1 heterocycles. The number of benzene rings is 2. The summed E-state index contributed by atoms with van der Waals surface area (Å²) in [6, 6.07) is 10.9. The first-order valence-corrected chi connectivity index (χ1v) is 9.21. The number of hydroxylamine groups is 1. The van der Waals surface area contributed by atoms with Crippen LogP contribution in [-0.4, -0.2) is 29.0 Å². The van der Waals surface area contributed by atoms with Gasteiger partial charge in [-0.05, 0) is 42.8 Å². The van der Waals surface area contributed by atoms with E-state index in [1.807, 2.05) is 0 Å². The molecule has 2 aromatic carbocycles. The third kappa shape index (κ3) is 5.02. The highest BCUT2D eigenvalue weighted by Crippen LogP contribution is 2.33. The first-order valence-electron chi connectivity index (χ1n) is 8.44. The predicted octanol–water partition coefficient (Wildman–Crippen LogP) is 3.75. The van der Waals surface area contributed by atoms with Gasteiger partial charge in [0, 0.05) is 23.5 Å². The van der Waals surface area contributed by atoms with Gasteiger partial charge in [-0.2, -0.15) is 9.36 Å². The Morgan fingerprint density at radius 3 is 2.68 bits per heavy atom. The van der Waals surface area contributed by atoms with Crippen LogP contribution in [0.1, 0.15) is 28.7 Å². The largest absolute Gasteiger partial charge is 0.493 e. The summed E-state index contributed by atoms with van der Waals surface area (Å²) in [5.41, 5.74) is 3.56. The Morgan fingerprint density at radius 1 is 1.18 bits per heavy atom. The van der Waals surface area contributed by atoms with Crippen LogP contribution in [0.25, 0.3) is 0 Å². The number of halogens is 1. The van der Waals surface area contributed by atoms with Gasteiger partial charge in [0.2, 0.25) is 0 Å². The molecule has 0 saturated heterocycles. The van der Waals surface area contributed by atoms with Crippen molar-refractivity contribution >= 4 is 17.4 Å². The maximum absolute atomic E-state index is 13.0. The average Bonchev–Trinajstić information content (AvgIpc) is 3.14. The minimum Gasteiger partial charge on any atom is -0.493 e. The van der Waals surface area contributed by atoms with E-state index < -0.39 is 5.91 Å². The van der Waals surface area contributed by atoms with E-state index in [4.69, 9.17) is 14.3 Å². The maximum atomic E-state index is 13.0. The fourth-order valence-electron chi connectivity index (χ4n) is 2.32. The lowest BCUT2D eigenvalue weighted by Crippen LogP contribution is -2.23. The summed E-state index contributed by atoms with van der Waals surface area (Å²) in [4.78, 5) is 21.3. The van der Waals surface area contributed by atoms with Gasteiger partial charge in [0.05, 0.1) is 13.7 Å². The standard InChI is InChI=1S/C19H18FN3O4S/c1-3-26-22-18(24)13-6-9-15(25-2)16(11-13)27-19-21-17(23-28-19)10-12-4-7-14(20)8-5-12/h4-9,11H,3,10H2,1-2H3,(H,22,24). The molecule has 1 aromatic heterocycles. The average molecular weight is 403 g/mol. The van der Waals surface area contributed by atoms with Crippen molar-refractivity contribution in [1.29, 1.82) is 0 Å². The summed E-state index contributed by atoms with van der Waals surface area (Å²) >= 11 is 1.08. The lowest BCUT2D eigenvalue weighted by atomic mass is 10.1. The minimum absolute atomic E-state index is 0.292. The second-order valence-electron chi connectivity index (χ2n) is 5.61. The number of carbonyl (C=O) groups is 1. The van der Waals surface area contributed by atoms with Crippen LogP contribution in [0.2, 0.25) is 0 Å². The summed E-state index contributed by atoms with van der Waals surface area (Å²) in [6.07, 6.45) is 0.452. The second kappa shape index (κ2) is 9.25. The van der Waals surface area contributed by atoms with Crippen LogP contribution < -0.4 is 15.0 Å². The van der Waals surface area contributed by atoms with Crippen molar-refractivity contribution < 1.29 is 23.5 Å². The Bertz CT molecular complexity index is 947. The van der Waals surface area contributed by atoms with E-state index in [0.29, 0.717) is 41.1 Å². The summed E-state index contributed by atoms with van der Waals surface area (Å²) in [5, 5.41) is 0.303. The van der Waals surface area contributed by atoms with Crippen molar-refractivity contribution in [3.63, 3.8) is 0 Å². The molecule has 0 unspecified atom stereocenters. The van der Waals surface area contributed by atoms with Crippen LogP contribution >= 0.6 is 11.5 Å². The Hall–Kier alpha value is -3.04. The summed E-state index contributed by atoms with van der Waals surface area (Å²) in [5.74, 6) is 0.637. The van der Waals surface area contributed by atoms with E-state index in [1.54, 1.807) is 31.2 Å². The third-order valence-electron chi connectivity index (χ3n) is 3.66. The smallest absolute Gasteiger partial charge is 0.298 e. The number of hydrogen-bond donors (Lipinski definition) is 1. The molecule has 146 valence electrons. The number of hydrogen-bond acceptors (Lipinski definition) is 7. The summed E-state index contributed by atoms with van der Waals surface area (Å²) in [6.45, 7) is 2.12. The number of aromatic nitrogens is 2. The number of nitrogens with one attached hydrogen (secondary N) is 1. The Morgan fingerprint density at radius 2 is 1.96 bits per heavy atom. The summed E-state index contributed by atoms with van der Waals surface area (Å²) < 4.78 is 28.3. The number of carbonyl (C=O) groups excluding carboxylic acids is 1. The number of rotatable bonds is 8. The number of methoxy groups -OCH3 is 1. The molecule has 0 bridgehead atoms. The highest BCUT2D eigenvalue weighted by atomic mass is 32.1. The molecular weight excluding hydrogens is 385 g/mol. The molecule has 0 aliphatic carbocycles. The van der Waals surface area contributed by atoms with Gasteiger partial charge in [-0.15, -0.1) is 0 Å². The van der Waals surface area contributed by atoms with Crippen molar-refractivity contribution in [1.82, 2.24) is 14.8 Å². The summed E-state index contributed by atoms with van der Waals surface area (Å²) in [7, 11) is 1.50. The van der Waals surface area contributed by atoms with Gasteiger partial charge >= 0.3 is 0 Å². The van der Waals surface area contributed by atoms with E-state index in [2.05, 4.69) is 14.8 Å². The fourth-order valence-corrected chi connectivity index (χ4v) is 2.89. The first-order chi connectivity index (χ1) is 13.6. The van der Waals surface area contributed by atoms with Gasteiger partial charge < -0.3 is 9.47 Å². The monoisotopic (exact) mass is 403 g/mol. The van der Waals surface area contributed by atoms with Gasteiger partial charge in [0.15, 0.2) is 17.3 Å². The van der Waals surface area contributed by atoms with Crippen LogP contribution in [-0.2, 0) is 11.3 Å². The molecule has 0 radical (unpaired) electrons. The van der Waals surface area contributed by atoms with Crippen LogP contribution in [0.5, 0.6) is 16.7 Å². The zero-order chi connectivity index (χ0) is 19.9. The van der Waals surface area contributed by atoms with Gasteiger partial charge in [0.1, 0.15) is 5.82 Å². The molecular formula is C19H18FN3O4S. The van der Waals surface area contributed by atoms with Gasteiger partial charge in [0.25, 0.3) is 11.1 Å². The van der Waals surface area contributed by atoms with Crippen LogP contribution in [0.15, 0.2) is 42.5 Å². The Balaban J connectivity index is 1.74. The molecule has 28 heavy (non-hydrogen) atoms. The maximum Gasteiger partial charge on any atom is 0.298 e. The molecule has 0 saturated carbocycles. The molecule has 0 fully saturated rings. The third-order valence-corrected chi connectivity index (χ3v) is 4.29. The van der Waals surface area contributed by atoms with E-state index in [9.17, 15) is 9.18 Å². The fraction of sp³-hybridized carbons (Fsp3) is 0.211. The van der Waals surface area contributed by atoms with Crippen molar-refractivity contribution in [2.75, 3.05) is 13.7 Å². The quantitative estimate of drug-likeness (QED) is 0.577. The normalized spacial score (nSPS) is 10.5. The Kier molecular flexibility index (Phi) is 6.51. The van der Waals surface area contributed by atoms with E-state index in [-0.39, 0.29) is 5.82 Å². The molecule has 3 aromatic rings. The van der Waals surface area contributed by atoms with Gasteiger partial charge in [-0.1, -0.05) is 12.1 Å². The second-order valence-corrected chi connectivity index (χ2v) is 6.33. The molecule has 0 aliphatic rings. The van der Waals surface area contributed by atoms with Crippen molar-refractivity contribution in [3.8, 4) is 16.7 Å². The van der Waals surface area contributed by atoms with Crippen LogP contribution in [0.3, 0.4) is 0 Å². The Labute approximate surface area is 165 Å². The number of ether oxygens (including phenoxy) is 2. The SMILES string of the molecule is CCONC(=O)c1ccc(OC)c(Oc2nc(Cc3ccc(F)cc3)ns2)c1. The molecule has 3 rings (SSSR count).